The van der Waals surface area contributed by atoms with Crippen molar-refractivity contribution in [2.75, 3.05) is 19.7 Å². The Bertz CT molecular complexity index is 381. The second kappa shape index (κ2) is 7.79. The molecule has 1 aromatic rings. The molecule has 5 heteroatoms. The van der Waals surface area contributed by atoms with Gasteiger partial charge in [0.05, 0.1) is 6.61 Å². The summed E-state index contributed by atoms with van der Waals surface area (Å²) < 4.78 is 0. The number of nitrogen functional groups attached to an aromatic ring is 1. The van der Waals surface area contributed by atoms with Crippen molar-refractivity contribution in [2.24, 2.45) is 5.73 Å². The third-order valence-electron chi connectivity index (χ3n) is 2.78. The molecule has 0 saturated heterocycles. The zero-order chi connectivity index (χ0) is 13.4. The van der Waals surface area contributed by atoms with Crippen LogP contribution in [0.3, 0.4) is 0 Å². The topological polar surface area (TPSA) is 86.2 Å². The first-order chi connectivity index (χ1) is 8.69. The van der Waals surface area contributed by atoms with Gasteiger partial charge in [0.15, 0.2) is 0 Å². The van der Waals surface area contributed by atoms with Gasteiger partial charge in [-0.3, -0.25) is 15.3 Å². The first kappa shape index (κ1) is 14.6. The first-order valence-electron chi connectivity index (χ1n) is 6.30. The summed E-state index contributed by atoms with van der Waals surface area (Å²) in [4.78, 5) is 6.29. The molecule has 5 nitrogen and oxygen atoms in total. The molecular weight excluding hydrogens is 228 g/mol. The average molecular weight is 250 g/mol. The van der Waals surface area contributed by atoms with Crippen LogP contribution in [0.2, 0.25) is 0 Å². The van der Waals surface area contributed by atoms with Gasteiger partial charge in [0.2, 0.25) is 0 Å². The van der Waals surface area contributed by atoms with Gasteiger partial charge >= 0.3 is 0 Å². The van der Waals surface area contributed by atoms with Crippen LogP contribution in [-0.4, -0.2) is 40.5 Å². The van der Waals surface area contributed by atoms with Gasteiger partial charge in [0, 0.05) is 19.3 Å². The van der Waals surface area contributed by atoms with Crippen LogP contribution in [0, 0.1) is 5.41 Å². The molecular formula is C13H22N4O. The van der Waals surface area contributed by atoms with Gasteiger partial charge in [0.1, 0.15) is 11.5 Å². The zero-order valence-corrected chi connectivity index (χ0v) is 10.9. The number of aromatic nitrogens is 1. The van der Waals surface area contributed by atoms with E-state index in [9.17, 15) is 0 Å². The average Bonchev–Trinajstić information content (AvgIpc) is 2.36. The number of aliphatic hydroxyl groups is 1. The Balaban J connectivity index is 2.76. The second-order valence-corrected chi connectivity index (χ2v) is 4.28. The number of unbranched alkanes of at least 4 members (excludes halogenated alkanes) is 1. The van der Waals surface area contributed by atoms with E-state index in [1.165, 1.54) is 0 Å². The summed E-state index contributed by atoms with van der Waals surface area (Å²) in [6.45, 7) is 4.51. The van der Waals surface area contributed by atoms with Crippen LogP contribution in [0.25, 0.3) is 0 Å². The summed E-state index contributed by atoms with van der Waals surface area (Å²) in [5, 5.41) is 16.6. The van der Waals surface area contributed by atoms with E-state index in [4.69, 9.17) is 16.2 Å². The van der Waals surface area contributed by atoms with Crippen molar-refractivity contribution in [3.05, 3.63) is 29.6 Å². The summed E-state index contributed by atoms with van der Waals surface area (Å²) >= 11 is 0. The molecule has 0 amide bonds. The lowest BCUT2D eigenvalue weighted by molar-refractivity contribution is 0.188. The largest absolute Gasteiger partial charge is 0.395 e. The number of hydrogen-bond donors (Lipinski definition) is 3. The van der Waals surface area contributed by atoms with Crippen molar-refractivity contribution in [3.8, 4) is 0 Å². The Hall–Kier alpha value is -1.46. The molecule has 4 N–H and O–H groups in total. The minimum Gasteiger partial charge on any atom is -0.395 e. The van der Waals surface area contributed by atoms with Crippen molar-refractivity contribution in [1.29, 1.82) is 5.41 Å². The Kier molecular flexibility index (Phi) is 6.32. The SMILES string of the molecule is CCCCN(CCO)Cc1cccnc1C(=N)N. The molecule has 0 aliphatic heterocycles. The highest BCUT2D eigenvalue weighted by Crippen LogP contribution is 2.09. The molecule has 0 fully saturated rings. The molecule has 0 bridgehead atoms. The normalized spacial score (nSPS) is 10.8. The molecule has 1 rings (SSSR count). The number of pyridine rings is 1. The van der Waals surface area contributed by atoms with Gasteiger partial charge in [-0.25, -0.2) is 0 Å². The van der Waals surface area contributed by atoms with Crippen LogP contribution in [-0.2, 0) is 6.54 Å². The van der Waals surface area contributed by atoms with Crippen molar-refractivity contribution in [2.45, 2.75) is 26.3 Å². The van der Waals surface area contributed by atoms with Gasteiger partial charge in [-0.15, -0.1) is 0 Å². The Morgan fingerprint density at radius 2 is 2.28 bits per heavy atom. The molecule has 0 radical (unpaired) electrons. The number of aliphatic hydroxyl groups excluding tert-OH is 1. The number of nitrogens with one attached hydrogen (secondary N) is 1. The molecule has 0 saturated carbocycles. The standard InChI is InChI=1S/C13H22N4O/c1-2-3-7-17(8-9-18)10-11-5-4-6-16-12(11)13(14)15/h4-6,18H,2-3,7-10H2,1H3,(H3,14,15). The number of hydrogen-bond acceptors (Lipinski definition) is 4. The molecule has 0 aliphatic rings. The number of rotatable bonds is 8. The maximum absolute atomic E-state index is 9.07. The summed E-state index contributed by atoms with van der Waals surface area (Å²) in [6.07, 6.45) is 3.85. The summed E-state index contributed by atoms with van der Waals surface area (Å²) in [7, 11) is 0. The Labute approximate surface area is 108 Å². The van der Waals surface area contributed by atoms with E-state index in [1.54, 1.807) is 6.20 Å². The van der Waals surface area contributed by atoms with Crippen molar-refractivity contribution >= 4 is 5.84 Å². The number of nitrogens with two attached hydrogens (primary N) is 1. The molecule has 0 aromatic carbocycles. The summed E-state index contributed by atoms with van der Waals surface area (Å²) in [6, 6.07) is 3.78. The van der Waals surface area contributed by atoms with Gasteiger partial charge < -0.3 is 10.8 Å². The second-order valence-electron chi connectivity index (χ2n) is 4.28. The van der Waals surface area contributed by atoms with Gasteiger partial charge in [-0.05, 0) is 24.6 Å². The van der Waals surface area contributed by atoms with Crippen LogP contribution in [0.5, 0.6) is 0 Å². The van der Waals surface area contributed by atoms with E-state index in [1.807, 2.05) is 12.1 Å². The number of nitrogens with zero attached hydrogens (tertiary/aromatic N) is 2. The van der Waals surface area contributed by atoms with Crippen molar-refractivity contribution < 1.29 is 5.11 Å². The van der Waals surface area contributed by atoms with E-state index >= 15 is 0 Å². The Morgan fingerprint density at radius 3 is 2.89 bits per heavy atom. The first-order valence-corrected chi connectivity index (χ1v) is 6.30. The summed E-state index contributed by atoms with van der Waals surface area (Å²) in [5.74, 6) is -0.00922. The third kappa shape index (κ3) is 4.43. The van der Waals surface area contributed by atoms with E-state index < -0.39 is 0 Å². The molecule has 1 heterocycles. The van der Waals surface area contributed by atoms with Crippen LogP contribution in [0.1, 0.15) is 31.0 Å². The van der Waals surface area contributed by atoms with E-state index in [0.29, 0.717) is 18.8 Å². The third-order valence-corrected chi connectivity index (χ3v) is 2.78. The van der Waals surface area contributed by atoms with E-state index in [2.05, 4.69) is 16.8 Å². The molecule has 0 spiro atoms. The molecule has 0 unspecified atom stereocenters. The molecule has 0 aliphatic carbocycles. The lowest BCUT2D eigenvalue weighted by atomic mass is 10.1. The Morgan fingerprint density at radius 1 is 1.50 bits per heavy atom. The lowest BCUT2D eigenvalue weighted by Gasteiger charge is -2.22. The number of amidine groups is 1. The van der Waals surface area contributed by atoms with Gasteiger partial charge in [-0.1, -0.05) is 19.4 Å². The minimum atomic E-state index is -0.00922. The van der Waals surface area contributed by atoms with Crippen LogP contribution < -0.4 is 5.73 Å². The monoisotopic (exact) mass is 250 g/mol. The van der Waals surface area contributed by atoms with Crippen LogP contribution in [0.4, 0.5) is 0 Å². The predicted octanol–water partition coefficient (Wildman–Crippen LogP) is 0.960. The molecule has 18 heavy (non-hydrogen) atoms. The van der Waals surface area contributed by atoms with E-state index in [0.717, 1.165) is 24.9 Å². The quantitative estimate of drug-likeness (QED) is 0.474. The van der Waals surface area contributed by atoms with Crippen LogP contribution in [0.15, 0.2) is 18.3 Å². The smallest absolute Gasteiger partial charge is 0.142 e. The predicted molar refractivity (Wildman–Crippen MR) is 72.5 cm³/mol. The molecule has 100 valence electrons. The molecule has 0 atom stereocenters. The zero-order valence-electron chi connectivity index (χ0n) is 10.9. The fourth-order valence-corrected chi connectivity index (χ4v) is 1.84. The van der Waals surface area contributed by atoms with Gasteiger partial charge in [-0.2, -0.15) is 0 Å². The molecule has 1 aromatic heterocycles. The maximum Gasteiger partial charge on any atom is 0.142 e. The fraction of sp³-hybridized carbons (Fsp3) is 0.538. The highest BCUT2D eigenvalue weighted by atomic mass is 16.3. The van der Waals surface area contributed by atoms with Crippen molar-refractivity contribution in [1.82, 2.24) is 9.88 Å². The lowest BCUT2D eigenvalue weighted by Crippen LogP contribution is -2.29. The van der Waals surface area contributed by atoms with Gasteiger partial charge in [0.25, 0.3) is 0 Å². The maximum atomic E-state index is 9.07. The van der Waals surface area contributed by atoms with Crippen LogP contribution >= 0.6 is 0 Å². The minimum absolute atomic E-state index is 0.00922. The summed E-state index contributed by atoms with van der Waals surface area (Å²) in [5.41, 5.74) is 7.00. The van der Waals surface area contributed by atoms with Crippen molar-refractivity contribution in [3.63, 3.8) is 0 Å². The fourth-order valence-electron chi connectivity index (χ4n) is 1.84. The van der Waals surface area contributed by atoms with E-state index in [-0.39, 0.29) is 12.4 Å². The highest BCUT2D eigenvalue weighted by molar-refractivity contribution is 5.94. The highest BCUT2D eigenvalue weighted by Gasteiger charge is 2.10.